The number of nitrogens with zero attached hydrogens (tertiary/aromatic N) is 1. The maximum Gasteiger partial charge on any atom is 0.212 e. The van der Waals surface area contributed by atoms with Crippen LogP contribution in [0.2, 0.25) is 0 Å². The Morgan fingerprint density at radius 3 is 2.42 bits per heavy atom. The lowest BCUT2D eigenvalue weighted by molar-refractivity contribution is 0.228. The van der Waals surface area contributed by atoms with Crippen molar-refractivity contribution in [2.24, 2.45) is 22.1 Å². The number of guanidine groups is 1. The topological polar surface area (TPSA) is 70.6 Å². The van der Waals surface area contributed by atoms with E-state index in [2.05, 4.69) is 32.7 Å². The van der Waals surface area contributed by atoms with Gasteiger partial charge in [0.2, 0.25) is 5.96 Å². The van der Waals surface area contributed by atoms with Crippen LogP contribution in [-0.4, -0.2) is 17.7 Å². The number of aliphatic imine (C=N–C) groups is 1. The van der Waals surface area contributed by atoms with Crippen molar-refractivity contribution in [2.45, 2.75) is 27.7 Å². The van der Waals surface area contributed by atoms with Gasteiger partial charge in [-0.15, -0.1) is 0 Å². The Kier molecular flexibility index (Phi) is 4.03. The number of nitrogens with one attached hydrogen (secondary N) is 1. The van der Waals surface area contributed by atoms with Gasteiger partial charge < -0.3 is 5.73 Å². The van der Waals surface area contributed by atoms with E-state index >= 15 is 0 Å². The van der Waals surface area contributed by atoms with Crippen molar-refractivity contribution >= 4 is 5.96 Å². The van der Waals surface area contributed by atoms with E-state index in [1.165, 1.54) is 0 Å². The summed E-state index contributed by atoms with van der Waals surface area (Å²) in [4.78, 5) is 3.97. The zero-order valence-electron chi connectivity index (χ0n) is 8.26. The zero-order valence-corrected chi connectivity index (χ0v) is 8.26. The number of hydrogen-bond donors (Lipinski definition) is 3. The summed E-state index contributed by atoms with van der Waals surface area (Å²) in [5, 5.41) is 8.36. The first kappa shape index (κ1) is 11.2. The van der Waals surface area contributed by atoms with E-state index in [9.17, 15) is 0 Å². The van der Waals surface area contributed by atoms with Crippen LogP contribution in [0.5, 0.6) is 0 Å². The van der Waals surface area contributed by atoms with E-state index in [4.69, 9.17) is 10.9 Å². The molecule has 4 heteroatoms. The van der Waals surface area contributed by atoms with Crippen LogP contribution in [0.4, 0.5) is 0 Å². The molecule has 0 unspecified atom stereocenters. The lowest BCUT2D eigenvalue weighted by Crippen LogP contribution is -2.31. The van der Waals surface area contributed by atoms with Crippen molar-refractivity contribution in [3.05, 3.63) is 0 Å². The molecule has 0 radical (unpaired) electrons. The van der Waals surface area contributed by atoms with E-state index in [1.807, 2.05) is 0 Å². The maximum absolute atomic E-state index is 8.36. The van der Waals surface area contributed by atoms with Crippen LogP contribution in [-0.2, 0) is 0 Å². The molecular weight excluding hydrogens is 154 g/mol. The Bertz CT molecular complexity index is 164. The molecule has 0 rings (SSSR count). The molecule has 4 N–H and O–H groups in total. The summed E-state index contributed by atoms with van der Waals surface area (Å²) in [7, 11) is 0. The first-order valence-corrected chi connectivity index (χ1v) is 4.10. The standard InChI is InChI=1S/C8H19N3O/c1-6(2)8(3,4)5-10-7(9)11-12/h6,12H,5H2,1-4H3,(H3,9,10,11). The van der Waals surface area contributed by atoms with Crippen molar-refractivity contribution in [3.8, 4) is 0 Å². The fraction of sp³-hybridized carbons (Fsp3) is 0.875. The molecule has 0 amide bonds. The number of hydroxylamine groups is 1. The van der Waals surface area contributed by atoms with Crippen molar-refractivity contribution in [3.63, 3.8) is 0 Å². The zero-order chi connectivity index (χ0) is 9.78. The molecule has 0 heterocycles. The average Bonchev–Trinajstić information content (AvgIpc) is 2.00. The van der Waals surface area contributed by atoms with Gasteiger partial charge in [0.15, 0.2) is 0 Å². The second-order valence-electron chi connectivity index (χ2n) is 3.96. The van der Waals surface area contributed by atoms with E-state index < -0.39 is 0 Å². The van der Waals surface area contributed by atoms with E-state index in [1.54, 1.807) is 5.48 Å². The summed E-state index contributed by atoms with van der Waals surface area (Å²) in [5.41, 5.74) is 7.19. The largest absolute Gasteiger partial charge is 0.368 e. The molecule has 0 aromatic carbocycles. The smallest absolute Gasteiger partial charge is 0.212 e. The van der Waals surface area contributed by atoms with Gasteiger partial charge in [0.25, 0.3) is 0 Å². The molecule has 0 aromatic rings. The monoisotopic (exact) mass is 173 g/mol. The lowest BCUT2D eigenvalue weighted by atomic mass is 9.81. The molecule has 0 bridgehead atoms. The summed E-state index contributed by atoms with van der Waals surface area (Å²) in [6.45, 7) is 9.12. The molecule has 0 aliphatic carbocycles. The van der Waals surface area contributed by atoms with Crippen molar-refractivity contribution in [1.29, 1.82) is 0 Å². The Hall–Kier alpha value is -0.770. The van der Waals surface area contributed by atoms with Crippen LogP contribution in [0, 0.1) is 11.3 Å². The van der Waals surface area contributed by atoms with Gasteiger partial charge in [0.05, 0.1) is 0 Å². The molecule has 0 saturated heterocycles. The quantitative estimate of drug-likeness (QED) is 0.338. The first-order chi connectivity index (χ1) is 5.40. The Morgan fingerprint density at radius 1 is 1.58 bits per heavy atom. The van der Waals surface area contributed by atoms with E-state index in [0.29, 0.717) is 12.5 Å². The Balaban J connectivity index is 4.08. The third-order valence-electron chi connectivity index (χ3n) is 2.33. The normalized spacial score (nSPS) is 13.7. The molecule has 12 heavy (non-hydrogen) atoms. The highest BCUT2D eigenvalue weighted by Crippen LogP contribution is 2.25. The van der Waals surface area contributed by atoms with Crippen molar-refractivity contribution in [1.82, 2.24) is 5.48 Å². The van der Waals surface area contributed by atoms with Crippen LogP contribution in [0.3, 0.4) is 0 Å². The summed E-state index contributed by atoms with van der Waals surface area (Å²) >= 11 is 0. The fourth-order valence-corrected chi connectivity index (χ4v) is 0.507. The van der Waals surface area contributed by atoms with Crippen LogP contribution >= 0.6 is 0 Å². The minimum atomic E-state index is 0.0729. The van der Waals surface area contributed by atoms with Gasteiger partial charge >= 0.3 is 0 Å². The maximum atomic E-state index is 8.36. The van der Waals surface area contributed by atoms with Crippen LogP contribution in [0.1, 0.15) is 27.7 Å². The molecule has 0 aromatic heterocycles. The van der Waals surface area contributed by atoms with Crippen LogP contribution < -0.4 is 11.2 Å². The number of nitrogens with two attached hydrogens (primary N) is 1. The predicted octanol–water partition coefficient (Wildman–Crippen LogP) is 0.962. The lowest BCUT2D eigenvalue weighted by Gasteiger charge is -2.26. The molecule has 0 aliphatic rings. The molecular formula is C8H19N3O. The molecule has 0 spiro atoms. The number of rotatable bonds is 3. The minimum Gasteiger partial charge on any atom is -0.368 e. The van der Waals surface area contributed by atoms with Gasteiger partial charge in [0, 0.05) is 6.54 Å². The Morgan fingerprint density at radius 2 is 2.08 bits per heavy atom. The van der Waals surface area contributed by atoms with Crippen LogP contribution in [0.25, 0.3) is 0 Å². The molecule has 4 nitrogen and oxygen atoms in total. The van der Waals surface area contributed by atoms with Crippen molar-refractivity contribution < 1.29 is 5.21 Å². The van der Waals surface area contributed by atoms with E-state index in [0.717, 1.165) is 0 Å². The summed E-state index contributed by atoms with van der Waals surface area (Å²) in [6.07, 6.45) is 0. The third kappa shape index (κ3) is 3.57. The molecule has 72 valence electrons. The number of hydrogen-bond acceptors (Lipinski definition) is 2. The van der Waals surface area contributed by atoms with Gasteiger partial charge in [-0.25, -0.2) is 5.48 Å². The van der Waals surface area contributed by atoms with Gasteiger partial charge in [-0.05, 0) is 11.3 Å². The van der Waals surface area contributed by atoms with Gasteiger partial charge in [-0.2, -0.15) is 0 Å². The second kappa shape index (κ2) is 4.30. The SMILES string of the molecule is CC(C)C(C)(C)CN=C(N)NO. The summed E-state index contributed by atoms with van der Waals surface area (Å²) < 4.78 is 0. The molecule has 0 fully saturated rings. The molecule has 0 aliphatic heterocycles. The van der Waals surface area contributed by atoms with E-state index in [-0.39, 0.29) is 11.4 Å². The highest BCUT2D eigenvalue weighted by Gasteiger charge is 2.21. The highest BCUT2D eigenvalue weighted by molar-refractivity contribution is 5.76. The summed E-state index contributed by atoms with van der Waals surface area (Å²) in [5.74, 6) is 0.608. The molecule has 0 atom stereocenters. The Labute approximate surface area is 73.8 Å². The third-order valence-corrected chi connectivity index (χ3v) is 2.33. The second-order valence-corrected chi connectivity index (χ2v) is 3.96. The highest BCUT2D eigenvalue weighted by atomic mass is 16.5. The average molecular weight is 173 g/mol. The predicted molar refractivity (Wildman–Crippen MR) is 50.0 cm³/mol. The minimum absolute atomic E-state index is 0.0729. The fourth-order valence-electron chi connectivity index (χ4n) is 0.507. The van der Waals surface area contributed by atoms with Gasteiger partial charge in [-0.3, -0.25) is 10.2 Å². The van der Waals surface area contributed by atoms with Gasteiger partial charge in [0.1, 0.15) is 0 Å². The van der Waals surface area contributed by atoms with Crippen molar-refractivity contribution in [2.75, 3.05) is 6.54 Å². The summed E-state index contributed by atoms with van der Waals surface area (Å²) in [6, 6.07) is 0. The van der Waals surface area contributed by atoms with Crippen LogP contribution in [0.15, 0.2) is 4.99 Å². The van der Waals surface area contributed by atoms with Gasteiger partial charge in [-0.1, -0.05) is 27.7 Å². The first-order valence-electron chi connectivity index (χ1n) is 4.10. The molecule has 0 saturated carbocycles.